The molecule has 1 heterocycles. The van der Waals surface area contributed by atoms with Gasteiger partial charge in [0.25, 0.3) is 0 Å². The summed E-state index contributed by atoms with van der Waals surface area (Å²) < 4.78 is 7.08. The van der Waals surface area contributed by atoms with Crippen molar-refractivity contribution in [2.75, 3.05) is 6.61 Å². The minimum Gasteiger partial charge on any atom is -0.493 e. The normalized spacial score (nSPS) is 10.2. The molecular formula is C14H15N3O3. The Balaban J connectivity index is 2.05. The summed E-state index contributed by atoms with van der Waals surface area (Å²) in [7, 11) is 0. The molecule has 104 valence electrons. The number of benzene rings is 1. The number of allylic oxidation sites excluding steroid dienone is 1. The lowest BCUT2D eigenvalue weighted by Crippen LogP contribution is -2.12. The minimum absolute atomic E-state index is 0.0384. The SMILES string of the molecule is C=CCn1nnc(C(=O)O)c1CCOc1ccccc1. The number of carbonyl (C=O) groups is 1. The van der Waals surface area contributed by atoms with Crippen molar-refractivity contribution < 1.29 is 14.6 Å². The number of hydrogen-bond acceptors (Lipinski definition) is 4. The Hall–Kier alpha value is -2.63. The molecule has 0 spiro atoms. The highest BCUT2D eigenvalue weighted by molar-refractivity contribution is 5.86. The maximum atomic E-state index is 11.1. The summed E-state index contributed by atoms with van der Waals surface area (Å²) in [6.07, 6.45) is 2.05. The fourth-order valence-electron chi connectivity index (χ4n) is 1.80. The van der Waals surface area contributed by atoms with Crippen molar-refractivity contribution in [1.82, 2.24) is 15.0 Å². The summed E-state index contributed by atoms with van der Waals surface area (Å²) in [5, 5.41) is 16.6. The van der Waals surface area contributed by atoms with E-state index in [4.69, 9.17) is 9.84 Å². The fraction of sp³-hybridized carbons (Fsp3) is 0.214. The van der Waals surface area contributed by atoms with E-state index in [2.05, 4.69) is 16.9 Å². The van der Waals surface area contributed by atoms with E-state index in [1.165, 1.54) is 4.68 Å². The second-order valence-corrected chi connectivity index (χ2v) is 4.07. The molecule has 20 heavy (non-hydrogen) atoms. The van der Waals surface area contributed by atoms with Gasteiger partial charge in [0.05, 0.1) is 18.8 Å². The topological polar surface area (TPSA) is 77.2 Å². The Morgan fingerprint density at radius 2 is 2.15 bits per heavy atom. The van der Waals surface area contributed by atoms with Gasteiger partial charge in [-0.1, -0.05) is 29.5 Å². The molecule has 0 fully saturated rings. The second kappa shape index (κ2) is 6.51. The zero-order valence-corrected chi connectivity index (χ0v) is 10.9. The molecule has 6 nitrogen and oxygen atoms in total. The summed E-state index contributed by atoms with van der Waals surface area (Å²) in [6, 6.07) is 9.34. The Morgan fingerprint density at radius 1 is 1.40 bits per heavy atom. The van der Waals surface area contributed by atoms with E-state index in [1.807, 2.05) is 30.3 Å². The van der Waals surface area contributed by atoms with Gasteiger partial charge in [-0.3, -0.25) is 0 Å². The Kier molecular flexibility index (Phi) is 4.49. The number of nitrogens with zero attached hydrogens (tertiary/aromatic N) is 3. The van der Waals surface area contributed by atoms with Gasteiger partial charge in [0.2, 0.25) is 0 Å². The van der Waals surface area contributed by atoms with Crippen LogP contribution in [-0.2, 0) is 13.0 Å². The molecule has 6 heteroatoms. The summed E-state index contributed by atoms with van der Waals surface area (Å²) in [5.74, 6) is -0.345. The van der Waals surface area contributed by atoms with Crippen LogP contribution in [0.1, 0.15) is 16.2 Å². The molecule has 1 N–H and O–H groups in total. The van der Waals surface area contributed by atoms with Crippen molar-refractivity contribution in [3.8, 4) is 5.75 Å². The zero-order valence-electron chi connectivity index (χ0n) is 10.9. The molecular weight excluding hydrogens is 258 g/mol. The monoisotopic (exact) mass is 273 g/mol. The summed E-state index contributed by atoms with van der Waals surface area (Å²) in [6.45, 7) is 4.39. The molecule has 1 aromatic heterocycles. The zero-order chi connectivity index (χ0) is 14.4. The molecule has 2 rings (SSSR count). The third kappa shape index (κ3) is 3.23. The highest BCUT2D eigenvalue weighted by Gasteiger charge is 2.18. The van der Waals surface area contributed by atoms with Crippen LogP contribution >= 0.6 is 0 Å². The van der Waals surface area contributed by atoms with Gasteiger partial charge >= 0.3 is 5.97 Å². The van der Waals surface area contributed by atoms with Crippen LogP contribution in [0.2, 0.25) is 0 Å². The molecule has 0 aliphatic rings. The summed E-state index contributed by atoms with van der Waals surface area (Å²) >= 11 is 0. The second-order valence-electron chi connectivity index (χ2n) is 4.07. The van der Waals surface area contributed by atoms with Crippen molar-refractivity contribution in [3.05, 3.63) is 54.4 Å². The first-order chi connectivity index (χ1) is 9.72. The molecule has 0 radical (unpaired) electrons. The van der Waals surface area contributed by atoms with E-state index >= 15 is 0 Å². The van der Waals surface area contributed by atoms with Gasteiger partial charge in [-0.25, -0.2) is 9.48 Å². The van der Waals surface area contributed by atoms with Crippen LogP contribution in [0.3, 0.4) is 0 Å². The molecule has 1 aromatic carbocycles. The van der Waals surface area contributed by atoms with Crippen molar-refractivity contribution in [1.29, 1.82) is 0 Å². The largest absolute Gasteiger partial charge is 0.493 e. The van der Waals surface area contributed by atoms with E-state index in [-0.39, 0.29) is 5.69 Å². The highest BCUT2D eigenvalue weighted by atomic mass is 16.5. The number of aromatic nitrogens is 3. The molecule has 0 atom stereocenters. The van der Waals surface area contributed by atoms with Gasteiger partial charge in [-0.05, 0) is 12.1 Å². The number of para-hydroxylation sites is 1. The number of aromatic carboxylic acids is 1. The van der Waals surface area contributed by atoms with Crippen LogP contribution in [-0.4, -0.2) is 32.7 Å². The quantitative estimate of drug-likeness (QED) is 0.778. The van der Waals surface area contributed by atoms with Crippen LogP contribution < -0.4 is 4.74 Å². The van der Waals surface area contributed by atoms with Gasteiger partial charge < -0.3 is 9.84 Å². The fourth-order valence-corrected chi connectivity index (χ4v) is 1.80. The average molecular weight is 273 g/mol. The van der Waals surface area contributed by atoms with Gasteiger partial charge in [-0.2, -0.15) is 0 Å². The van der Waals surface area contributed by atoms with Gasteiger partial charge in [-0.15, -0.1) is 11.7 Å². The molecule has 2 aromatic rings. The highest BCUT2D eigenvalue weighted by Crippen LogP contribution is 2.11. The van der Waals surface area contributed by atoms with Crippen LogP contribution in [0.15, 0.2) is 43.0 Å². The first-order valence-corrected chi connectivity index (χ1v) is 6.16. The number of rotatable bonds is 7. The molecule has 0 bridgehead atoms. The van der Waals surface area contributed by atoms with E-state index in [0.29, 0.717) is 25.3 Å². The Labute approximate surface area is 116 Å². The summed E-state index contributed by atoms with van der Waals surface area (Å²) in [4.78, 5) is 11.1. The number of carboxylic acid groups (broad SMARTS) is 1. The minimum atomic E-state index is -1.09. The van der Waals surface area contributed by atoms with E-state index < -0.39 is 5.97 Å². The van der Waals surface area contributed by atoms with Crippen molar-refractivity contribution in [2.45, 2.75) is 13.0 Å². The van der Waals surface area contributed by atoms with E-state index in [1.54, 1.807) is 6.08 Å². The number of hydrogen-bond donors (Lipinski definition) is 1. The average Bonchev–Trinajstić information content (AvgIpc) is 2.84. The first-order valence-electron chi connectivity index (χ1n) is 6.16. The number of ether oxygens (including phenoxy) is 1. The predicted octanol–water partition coefficient (Wildman–Crippen LogP) is 1.78. The Morgan fingerprint density at radius 3 is 2.80 bits per heavy atom. The van der Waals surface area contributed by atoms with Gasteiger partial charge in [0.15, 0.2) is 5.69 Å². The Bertz CT molecular complexity index is 593. The lowest BCUT2D eigenvalue weighted by Gasteiger charge is -2.07. The van der Waals surface area contributed by atoms with E-state index in [9.17, 15) is 4.79 Å². The lowest BCUT2D eigenvalue weighted by molar-refractivity contribution is 0.0689. The standard InChI is InChI=1S/C14H15N3O3/c1-2-9-17-12(13(14(18)19)15-16-17)8-10-20-11-6-4-3-5-7-11/h2-7H,1,8-10H2,(H,18,19). The van der Waals surface area contributed by atoms with Crippen molar-refractivity contribution in [3.63, 3.8) is 0 Å². The lowest BCUT2D eigenvalue weighted by atomic mass is 10.2. The maximum absolute atomic E-state index is 11.1. The summed E-state index contributed by atoms with van der Waals surface area (Å²) in [5.41, 5.74) is 0.497. The molecule has 0 saturated heterocycles. The third-order valence-corrected chi connectivity index (χ3v) is 2.69. The van der Waals surface area contributed by atoms with Crippen molar-refractivity contribution in [2.24, 2.45) is 0 Å². The van der Waals surface area contributed by atoms with Crippen LogP contribution in [0.4, 0.5) is 0 Å². The maximum Gasteiger partial charge on any atom is 0.358 e. The molecule has 0 amide bonds. The van der Waals surface area contributed by atoms with E-state index in [0.717, 1.165) is 5.75 Å². The van der Waals surface area contributed by atoms with Crippen LogP contribution in [0.25, 0.3) is 0 Å². The van der Waals surface area contributed by atoms with Gasteiger partial charge in [0, 0.05) is 6.42 Å². The van der Waals surface area contributed by atoms with Gasteiger partial charge in [0.1, 0.15) is 5.75 Å². The third-order valence-electron chi connectivity index (χ3n) is 2.69. The first kappa shape index (κ1) is 13.8. The number of carboxylic acids is 1. The molecule has 0 saturated carbocycles. The van der Waals surface area contributed by atoms with Crippen molar-refractivity contribution >= 4 is 5.97 Å². The smallest absolute Gasteiger partial charge is 0.358 e. The molecule has 0 aliphatic carbocycles. The molecule has 0 aliphatic heterocycles. The molecule has 0 unspecified atom stereocenters. The van der Waals surface area contributed by atoms with Crippen LogP contribution in [0.5, 0.6) is 5.75 Å². The van der Waals surface area contributed by atoms with Crippen LogP contribution in [0, 0.1) is 0 Å². The predicted molar refractivity (Wildman–Crippen MR) is 72.8 cm³/mol.